The summed E-state index contributed by atoms with van der Waals surface area (Å²) in [6, 6.07) is 6.68. The third-order valence-corrected chi connectivity index (χ3v) is 4.95. The van der Waals surface area contributed by atoms with E-state index in [1.807, 2.05) is 0 Å². The molecule has 0 radical (unpaired) electrons. The first-order valence-electron chi connectivity index (χ1n) is 8.60. The molecule has 2 heterocycles. The van der Waals surface area contributed by atoms with Crippen LogP contribution in [0.1, 0.15) is 37.3 Å². The highest BCUT2D eigenvalue weighted by atomic mass is 15.1. The summed E-state index contributed by atoms with van der Waals surface area (Å²) in [5.74, 6) is 0.937. The van der Waals surface area contributed by atoms with Gasteiger partial charge in [0.25, 0.3) is 0 Å². The molecule has 3 heteroatoms. The molecule has 0 amide bonds. The average molecular weight is 287 g/mol. The van der Waals surface area contributed by atoms with Gasteiger partial charge in [-0.3, -0.25) is 0 Å². The molecule has 2 N–H and O–H groups in total. The summed E-state index contributed by atoms with van der Waals surface area (Å²) in [5.41, 5.74) is 4.29. The Labute approximate surface area is 129 Å². The molecule has 3 nitrogen and oxygen atoms in total. The first-order chi connectivity index (χ1) is 10.3. The summed E-state index contributed by atoms with van der Waals surface area (Å²) in [6.07, 6.45) is 5.21. The molecule has 0 unspecified atom stereocenters. The van der Waals surface area contributed by atoms with Gasteiger partial charge < -0.3 is 15.5 Å². The maximum absolute atomic E-state index is 3.61. The van der Waals surface area contributed by atoms with Crippen molar-refractivity contribution >= 4 is 5.69 Å². The standard InChI is InChI=1S/C18H29N3/c1-15-7-12-21(13-8-15)11-3-9-19-14-17-5-2-4-16-6-10-20-18(16)17/h2,4-5,15,19-20H,3,6-14H2,1H3. The lowest BCUT2D eigenvalue weighted by Crippen LogP contribution is -2.34. The van der Waals surface area contributed by atoms with Gasteiger partial charge in [0.2, 0.25) is 0 Å². The van der Waals surface area contributed by atoms with E-state index in [9.17, 15) is 0 Å². The van der Waals surface area contributed by atoms with Crippen LogP contribution in [0.25, 0.3) is 0 Å². The highest BCUT2D eigenvalue weighted by molar-refractivity contribution is 5.61. The normalized spacial score (nSPS) is 19.5. The van der Waals surface area contributed by atoms with E-state index in [0.29, 0.717) is 0 Å². The van der Waals surface area contributed by atoms with Gasteiger partial charge in [0.1, 0.15) is 0 Å². The van der Waals surface area contributed by atoms with Crippen molar-refractivity contribution in [3.63, 3.8) is 0 Å². The zero-order valence-electron chi connectivity index (χ0n) is 13.3. The van der Waals surface area contributed by atoms with Crippen molar-refractivity contribution in [3.05, 3.63) is 29.3 Å². The topological polar surface area (TPSA) is 27.3 Å². The molecule has 2 aliphatic heterocycles. The Kier molecular flexibility index (Phi) is 5.15. The highest BCUT2D eigenvalue weighted by Crippen LogP contribution is 2.26. The van der Waals surface area contributed by atoms with E-state index in [2.05, 4.69) is 40.7 Å². The van der Waals surface area contributed by atoms with Gasteiger partial charge in [-0.05, 0) is 68.9 Å². The SMILES string of the molecule is CC1CCN(CCCNCc2cccc3c2NCC3)CC1. The summed E-state index contributed by atoms with van der Waals surface area (Å²) in [5, 5.41) is 7.13. The van der Waals surface area contributed by atoms with E-state index < -0.39 is 0 Å². The quantitative estimate of drug-likeness (QED) is 0.788. The second-order valence-electron chi connectivity index (χ2n) is 6.68. The van der Waals surface area contributed by atoms with Crippen LogP contribution in [-0.2, 0) is 13.0 Å². The van der Waals surface area contributed by atoms with Crippen molar-refractivity contribution in [1.82, 2.24) is 10.2 Å². The van der Waals surface area contributed by atoms with Crippen LogP contribution < -0.4 is 10.6 Å². The summed E-state index contributed by atoms with van der Waals surface area (Å²) in [6.45, 7) is 9.45. The number of piperidine rings is 1. The van der Waals surface area contributed by atoms with Crippen molar-refractivity contribution in [2.45, 2.75) is 39.2 Å². The molecular weight excluding hydrogens is 258 g/mol. The number of hydrogen-bond donors (Lipinski definition) is 2. The number of hydrogen-bond acceptors (Lipinski definition) is 3. The first-order valence-corrected chi connectivity index (χ1v) is 8.60. The van der Waals surface area contributed by atoms with Crippen LogP contribution in [0.4, 0.5) is 5.69 Å². The molecular formula is C18H29N3. The molecule has 0 spiro atoms. The minimum absolute atomic E-state index is 0.937. The van der Waals surface area contributed by atoms with Crippen molar-refractivity contribution < 1.29 is 0 Å². The number of likely N-dealkylation sites (tertiary alicyclic amines) is 1. The van der Waals surface area contributed by atoms with Crippen molar-refractivity contribution in [1.29, 1.82) is 0 Å². The molecule has 0 bridgehead atoms. The molecule has 2 aliphatic rings. The zero-order chi connectivity index (χ0) is 14.5. The van der Waals surface area contributed by atoms with Gasteiger partial charge in [0.15, 0.2) is 0 Å². The van der Waals surface area contributed by atoms with E-state index in [-0.39, 0.29) is 0 Å². The van der Waals surface area contributed by atoms with Gasteiger partial charge >= 0.3 is 0 Å². The lowest BCUT2D eigenvalue weighted by atomic mass is 9.99. The minimum atomic E-state index is 0.937. The van der Waals surface area contributed by atoms with E-state index in [4.69, 9.17) is 0 Å². The number of nitrogens with zero attached hydrogens (tertiary/aromatic N) is 1. The summed E-state index contributed by atoms with van der Waals surface area (Å²) < 4.78 is 0. The van der Waals surface area contributed by atoms with Crippen LogP contribution in [0.3, 0.4) is 0 Å². The van der Waals surface area contributed by atoms with E-state index >= 15 is 0 Å². The number of benzene rings is 1. The molecule has 21 heavy (non-hydrogen) atoms. The Bertz CT molecular complexity index is 450. The fourth-order valence-corrected chi connectivity index (χ4v) is 3.49. The fraction of sp³-hybridized carbons (Fsp3) is 0.667. The number of para-hydroxylation sites is 1. The Hall–Kier alpha value is -1.06. The molecule has 0 atom stereocenters. The molecule has 116 valence electrons. The lowest BCUT2D eigenvalue weighted by Gasteiger charge is -2.30. The Morgan fingerprint density at radius 1 is 1.29 bits per heavy atom. The third-order valence-electron chi connectivity index (χ3n) is 4.95. The van der Waals surface area contributed by atoms with E-state index in [1.54, 1.807) is 0 Å². The van der Waals surface area contributed by atoms with Crippen LogP contribution in [0.15, 0.2) is 18.2 Å². The molecule has 3 rings (SSSR count). The van der Waals surface area contributed by atoms with Gasteiger partial charge in [0.05, 0.1) is 0 Å². The average Bonchev–Trinajstić information content (AvgIpc) is 2.98. The Morgan fingerprint density at radius 3 is 3.00 bits per heavy atom. The minimum Gasteiger partial charge on any atom is -0.384 e. The van der Waals surface area contributed by atoms with Crippen molar-refractivity contribution in [2.75, 3.05) is 38.0 Å². The summed E-state index contributed by atoms with van der Waals surface area (Å²) in [4.78, 5) is 2.63. The molecule has 1 saturated heterocycles. The van der Waals surface area contributed by atoms with Crippen LogP contribution in [0.5, 0.6) is 0 Å². The lowest BCUT2D eigenvalue weighted by molar-refractivity contribution is 0.190. The summed E-state index contributed by atoms with van der Waals surface area (Å²) in [7, 11) is 0. The van der Waals surface area contributed by atoms with Crippen molar-refractivity contribution in [2.24, 2.45) is 5.92 Å². The van der Waals surface area contributed by atoms with E-state index in [1.165, 1.54) is 62.1 Å². The summed E-state index contributed by atoms with van der Waals surface area (Å²) >= 11 is 0. The second kappa shape index (κ2) is 7.28. The predicted molar refractivity (Wildman–Crippen MR) is 89.8 cm³/mol. The van der Waals surface area contributed by atoms with Crippen LogP contribution in [0.2, 0.25) is 0 Å². The number of rotatable bonds is 6. The maximum atomic E-state index is 3.61. The zero-order valence-corrected chi connectivity index (χ0v) is 13.3. The van der Waals surface area contributed by atoms with E-state index in [0.717, 1.165) is 25.6 Å². The molecule has 0 aromatic heterocycles. The van der Waals surface area contributed by atoms with Gasteiger partial charge in [0, 0.05) is 18.8 Å². The Balaban J connectivity index is 1.35. The van der Waals surface area contributed by atoms with Crippen LogP contribution in [0, 0.1) is 5.92 Å². The largest absolute Gasteiger partial charge is 0.384 e. The predicted octanol–water partition coefficient (Wildman–Crippen LogP) is 2.87. The van der Waals surface area contributed by atoms with Crippen LogP contribution in [-0.4, -0.2) is 37.6 Å². The third kappa shape index (κ3) is 3.98. The fourth-order valence-electron chi connectivity index (χ4n) is 3.49. The highest BCUT2D eigenvalue weighted by Gasteiger charge is 2.15. The maximum Gasteiger partial charge on any atom is 0.0419 e. The smallest absolute Gasteiger partial charge is 0.0419 e. The molecule has 1 aromatic rings. The Morgan fingerprint density at radius 2 is 2.14 bits per heavy atom. The van der Waals surface area contributed by atoms with Crippen molar-refractivity contribution in [3.8, 4) is 0 Å². The van der Waals surface area contributed by atoms with Crippen LogP contribution >= 0.6 is 0 Å². The van der Waals surface area contributed by atoms with Gasteiger partial charge in [-0.25, -0.2) is 0 Å². The second-order valence-corrected chi connectivity index (χ2v) is 6.68. The number of anilines is 1. The van der Waals surface area contributed by atoms with Gasteiger partial charge in [-0.2, -0.15) is 0 Å². The number of fused-ring (bicyclic) bond motifs is 1. The molecule has 0 saturated carbocycles. The first kappa shape index (κ1) is 14.9. The molecule has 0 aliphatic carbocycles. The molecule has 1 aromatic carbocycles. The number of nitrogens with one attached hydrogen (secondary N) is 2. The van der Waals surface area contributed by atoms with Gasteiger partial charge in [-0.1, -0.05) is 25.1 Å². The molecule has 1 fully saturated rings. The monoisotopic (exact) mass is 287 g/mol. The van der Waals surface area contributed by atoms with Gasteiger partial charge in [-0.15, -0.1) is 0 Å².